The van der Waals surface area contributed by atoms with Crippen molar-refractivity contribution in [1.82, 2.24) is 0 Å². The Morgan fingerprint density at radius 1 is 0.750 bits per heavy atom. The lowest BCUT2D eigenvalue weighted by atomic mass is 10.2. The summed E-state index contributed by atoms with van der Waals surface area (Å²) < 4.78 is 0. The van der Waals surface area contributed by atoms with Crippen LogP contribution in [0, 0.1) is 0 Å². The van der Waals surface area contributed by atoms with Crippen molar-refractivity contribution in [3.8, 4) is 0 Å². The van der Waals surface area contributed by atoms with E-state index in [1.165, 1.54) is 9.79 Å². The molecule has 0 bridgehead atoms. The Balaban J connectivity index is 1.61. The van der Waals surface area contributed by atoms with Gasteiger partial charge in [0.15, 0.2) is 0 Å². The molecule has 2 nitrogen and oxygen atoms in total. The van der Waals surface area contributed by atoms with E-state index in [1.54, 1.807) is 35.7 Å². The highest BCUT2D eigenvalue weighted by Crippen LogP contribution is 2.24. The van der Waals surface area contributed by atoms with Crippen LogP contribution in [-0.2, 0) is 11.4 Å². The van der Waals surface area contributed by atoms with Crippen molar-refractivity contribution in [3.05, 3.63) is 94.5 Å². The molecular weight excluding hydrogens is 429 g/mol. The highest BCUT2D eigenvalue weighted by molar-refractivity contribution is 8.01. The van der Waals surface area contributed by atoms with Gasteiger partial charge in [-0.05, 0) is 42.0 Å². The Labute approximate surface area is 184 Å². The summed E-state index contributed by atoms with van der Waals surface area (Å²) in [4.78, 5) is 8.04. The SMILES string of the molecule is Clc1ccc(CON=C(CSc2ccccc2)CSc2ccccc2)cc1Cl. The molecule has 0 saturated heterocycles. The second kappa shape index (κ2) is 11.4. The third-order valence-electron chi connectivity index (χ3n) is 3.71. The molecule has 3 aromatic carbocycles. The molecule has 6 heteroatoms. The fourth-order valence-corrected chi connectivity index (χ4v) is 4.41. The van der Waals surface area contributed by atoms with Gasteiger partial charge in [-0.15, -0.1) is 23.5 Å². The van der Waals surface area contributed by atoms with Crippen molar-refractivity contribution in [2.24, 2.45) is 5.16 Å². The first-order valence-electron chi connectivity index (χ1n) is 8.68. The second-order valence-corrected chi connectivity index (χ2v) is 8.79. The van der Waals surface area contributed by atoms with Crippen LogP contribution < -0.4 is 0 Å². The molecule has 0 aliphatic rings. The summed E-state index contributed by atoms with van der Waals surface area (Å²) in [5, 5.41) is 5.46. The van der Waals surface area contributed by atoms with Crippen molar-refractivity contribution in [1.29, 1.82) is 0 Å². The van der Waals surface area contributed by atoms with Gasteiger partial charge in [0.1, 0.15) is 6.61 Å². The summed E-state index contributed by atoms with van der Waals surface area (Å²) in [5.41, 5.74) is 1.92. The standard InChI is InChI=1S/C22H19Cl2NOS2/c23-21-12-11-17(13-22(21)24)14-26-25-18(15-27-19-7-3-1-4-8-19)16-28-20-9-5-2-6-10-20/h1-13H,14-16H2. The zero-order valence-corrected chi connectivity index (χ0v) is 18.2. The molecule has 0 aliphatic carbocycles. The van der Waals surface area contributed by atoms with Crippen LogP contribution in [0.5, 0.6) is 0 Å². The van der Waals surface area contributed by atoms with Crippen molar-refractivity contribution in [2.75, 3.05) is 11.5 Å². The molecular formula is C22H19Cl2NOS2. The van der Waals surface area contributed by atoms with Gasteiger partial charge in [-0.3, -0.25) is 0 Å². The fraction of sp³-hybridized carbons (Fsp3) is 0.136. The van der Waals surface area contributed by atoms with E-state index in [1.807, 2.05) is 42.5 Å². The Morgan fingerprint density at radius 2 is 1.32 bits per heavy atom. The third-order valence-corrected chi connectivity index (χ3v) is 6.61. The van der Waals surface area contributed by atoms with E-state index in [4.69, 9.17) is 28.0 Å². The van der Waals surface area contributed by atoms with E-state index in [0.717, 1.165) is 22.8 Å². The van der Waals surface area contributed by atoms with Gasteiger partial charge in [0, 0.05) is 21.3 Å². The van der Waals surface area contributed by atoms with Crippen molar-refractivity contribution < 1.29 is 4.84 Å². The zero-order chi connectivity index (χ0) is 19.6. The van der Waals surface area contributed by atoms with Crippen LogP contribution in [0.25, 0.3) is 0 Å². The van der Waals surface area contributed by atoms with Gasteiger partial charge in [-0.25, -0.2) is 0 Å². The number of hydrogen-bond acceptors (Lipinski definition) is 4. The van der Waals surface area contributed by atoms with Gasteiger partial charge in [0.05, 0.1) is 15.8 Å². The van der Waals surface area contributed by atoms with Crippen LogP contribution >= 0.6 is 46.7 Å². The lowest BCUT2D eigenvalue weighted by molar-refractivity contribution is 0.130. The molecule has 28 heavy (non-hydrogen) atoms. The van der Waals surface area contributed by atoms with Gasteiger partial charge >= 0.3 is 0 Å². The number of nitrogens with zero attached hydrogens (tertiary/aromatic N) is 1. The maximum Gasteiger partial charge on any atom is 0.142 e. The molecule has 0 amide bonds. The lowest BCUT2D eigenvalue weighted by Gasteiger charge is -2.08. The van der Waals surface area contributed by atoms with E-state index in [9.17, 15) is 0 Å². The van der Waals surface area contributed by atoms with Crippen LogP contribution in [0.4, 0.5) is 0 Å². The van der Waals surface area contributed by atoms with E-state index in [2.05, 4.69) is 29.4 Å². The van der Waals surface area contributed by atoms with Gasteiger partial charge in [0.25, 0.3) is 0 Å². The first-order chi connectivity index (χ1) is 13.7. The monoisotopic (exact) mass is 447 g/mol. The normalized spacial score (nSPS) is 10.5. The van der Waals surface area contributed by atoms with Crippen LogP contribution in [0.3, 0.4) is 0 Å². The average molecular weight is 448 g/mol. The predicted octanol–water partition coefficient (Wildman–Crippen LogP) is 7.45. The maximum absolute atomic E-state index is 6.06. The van der Waals surface area contributed by atoms with Crippen molar-refractivity contribution in [3.63, 3.8) is 0 Å². The Kier molecular flexibility index (Phi) is 8.62. The molecule has 0 aliphatic heterocycles. The van der Waals surface area contributed by atoms with Crippen molar-refractivity contribution in [2.45, 2.75) is 16.4 Å². The van der Waals surface area contributed by atoms with Gasteiger partial charge in [-0.2, -0.15) is 0 Å². The minimum Gasteiger partial charge on any atom is -0.391 e. The summed E-state index contributed by atoms with van der Waals surface area (Å²) in [5.74, 6) is 1.54. The number of hydrogen-bond donors (Lipinski definition) is 0. The molecule has 0 aromatic heterocycles. The lowest BCUT2D eigenvalue weighted by Crippen LogP contribution is -2.07. The number of halogens is 2. The third kappa shape index (κ3) is 7.10. The molecule has 3 aromatic rings. The first kappa shape index (κ1) is 21.1. The average Bonchev–Trinajstić information content (AvgIpc) is 2.73. The molecule has 0 fully saturated rings. The van der Waals surface area contributed by atoms with Gasteiger partial charge in [0.2, 0.25) is 0 Å². The van der Waals surface area contributed by atoms with Gasteiger partial charge < -0.3 is 4.84 Å². The number of thioether (sulfide) groups is 2. The molecule has 0 atom stereocenters. The van der Waals surface area contributed by atoms with Crippen LogP contribution in [0.15, 0.2) is 93.8 Å². The molecule has 0 saturated carbocycles. The summed E-state index contributed by atoms with van der Waals surface area (Å²) in [6.07, 6.45) is 0. The van der Waals surface area contributed by atoms with E-state index < -0.39 is 0 Å². The van der Waals surface area contributed by atoms with Gasteiger partial charge in [-0.1, -0.05) is 70.8 Å². The largest absolute Gasteiger partial charge is 0.391 e. The Morgan fingerprint density at radius 3 is 1.86 bits per heavy atom. The topological polar surface area (TPSA) is 21.6 Å². The Hall–Kier alpha value is -1.59. The number of benzene rings is 3. The maximum atomic E-state index is 6.06. The van der Waals surface area contributed by atoms with Crippen molar-refractivity contribution >= 4 is 52.4 Å². The summed E-state index contributed by atoms with van der Waals surface area (Å²) in [7, 11) is 0. The molecule has 144 valence electrons. The van der Waals surface area contributed by atoms with E-state index in [-0.39, 0.29) is 0 Å². The first-order valence-corrected chi connectivity index (χ1v) is 11.4. The zero-order valence-electron chi connectivity index (χ0n) is 15.1. The predicted molar refractivity (Wildman–Crippen MR) is 123 cm³/mol. The molecule has 0 spiro atoms. The fourth-order valence-electron chi connectivity index (χ4n) is 2.29. The quantitative estimate of drug-likeness (QED) is 0.193. The van der Waals surface area contributed by atoms with E-state index in [0.29, 0.717) is 16.7 Å². The minimum absolute atomic E-state index is 0.354. The minimum atomic E-state index is 0.354. The number of oxime groups is 1. The second-order valence-electron chi connectivity index (χ2n) is 5.88. The van der Waals surface area contributed by atoms with Crippen LogP contribution in [-0.4, -0.2) is 17.2 Å². The van der Waals surface area contributed by atoms with Crippen LogP contribution in [0.2, 0.25) is 10.0 Å². The smallest absolute Gasteiger partial charge is 0.142 e. The molecule has 0 radical (unpaired) electrons. The summed E-state index contributed by atoms with van der Waals surface area (Å²) in [6, 6.07) is 26.1. The molecule has 3 rings (SSSR count). The van der Waals surface area contributed by atoms with E-state index >= 15 is 0 Å². The highest BCUT2D eigenvalue weighted by atomic mass is 35.5. The summed E-state index contributed by atoms with van der Waals surface area (Å²) in [6.45, 7) is 0.354. The molecule has 0 N–H and O–H groups in total. The number of rotatable bonds is 9. The highest BCUT2D eigenvalue weighted by Gasteiger charge is 2.06. The Bertz CT molecular complexity index is 859. The molecule has 0 unspecified atom stereocenters. The summed E-state index contributed by atoms with van der Waals surface area (Å²) >= 11 is 15.5. The molecule has 0 heterocycles. The van der Waals surface area contributed by atoms with Crippen LogP contribution in [0.1, 0.15) is 5.56 Å².